The number of anilines is 1. The summed E-state index contributed by atoms with van der Waals surface area (Å²) in [6.45, 7) is 3.79. The van der Waals surface area contributed by atoms with Crippen molar-refractivity contribution in [2.45, 2.75) is 31.9 Å². The lowest BCUT2D eigenvalue weighted by atomic mass is 9.79. The molecule has 140 valence electrons. The second-order valence-electron chi connectivity index (χ2n) is 7.91. The Labute approximate surface area is 158 Å². The number of nitrogens with two attached hydrogens (primary N) is 1. The SMILES string of the molecule is Nc1ncnc2c1c(-c1cccc(CO)c1)cn2[C@H]1C[C@@H](CN2CCC2)C1. The molecule has 2 aromatic heterocycles. The van der Waals surface area contributed by atoms with Crippen molar-refractivity contribution >= 4 is 16.9 Å². The number of aliphatic hydroxyl groups is 1. The Kier molecular flexibility index (Phi) is 4.10. The van der Waals surface area contributed by atoms with Crippen LogP contribution >= 0.6 is 0 Å². The van der Waals surface area contributed by atoms with Crippen LogP contribution in [0.15, 0.2) is 36.8 Å². The van der Waals surface area contributed by atoms with Gasteiger partial charge in [0.05, 0.1) is 12.0 Å². The molecule has 1 aliphatic carbocycles. The van der Waals surface area contributed by atoms with Gasteiger partial charge in [-0.3, -0.25) is 0 Å². The molecule has 0 spiro atoms. The van der Waals surface area contributed by atoms with Gasteiger partial charge in [-0.25, -0.2) is 9.97 Å². The van der Waals surface area contributed by atoms with Crippen molar-refractivity contribution in [2.75, 3.05) is 25.4 Å². The molecule has 1 aliphatic heterocycles. The quantitative estimate of drug-likeness (QED) is 0.729. The first-order valence-corrected chi connectivity index (χ1v) is 9.76. The Hall–Kier alpha value is -2.44. The fourth-order valence-corrected chi connectivity index (χ4v) is 4.45. The van der Waals surface area contributed by atoms with E-state index in [-0.39, 0.29) is 6.61 Å². The molecule has 27 heavy (non-hydrogen) atoms. The average molecular weight is 363 g/mol. The monoisotopic (exact) mass is 363 g/mol. The third-order valence-electron chi connectivity index (χ3n) is 6.13. The van der Waals surface area contributed by atoms with Crippen molar-refractivity contribution in [1.29, 1.82) is 0 Å². The minimum absolute atomic E-state index is 0.0271. The topological polar surface area (TPSA) is 80.2 Å². The lowest BCUT2D eigenvalue weighted by Gasteiger charge is -2.42. The zero-order valence-corrected chi connectivity index (χ0v) is 15.4. The summed E-state index contributed by atoms with van der Waals surface area (Å²) >= 11 is 0. The van der Waals surface area contributed by atoms with E-state index in [1.807, 2.05) is 18.2 Å². The van der Waals surface area contributed by atoms with Crippen LogP contribution in [0.4, 0.5) is 5.82 Å². The van der Waals surface area contributed by atoms with Gasteiger partial charge in [-0.2, -0.15) is 0 Å². The van der Waals surface area contributed by atoms with Gasteiger partial charge in [0.25, 0.3) is 0 Å². The molecule has 5 rings (SSSR count). The van der Waals surface area contributed by atoms with E-state index in [0.717, 1.165) is 33.6 Å². The Morgan fingerprint density at radius 3 is 2.78 bits per heavy atom. The summed E-state index contributed by atoms with van der Waals surface area (Å²) in [4.78, 5) is 11.3. The van der Waals surface area contributed by atoms with Crippen molar-refractivity contribution in [1.82, 2.24) is 19.4 Å². The summed E-state index contributed by atoms with van der Waals surface area (Å²) < 4.78 is 2.29. The van der Waals surface area contributed by atoms with Crippen LogP contribution in [0, 0.1) is 5.92 Å². The Balaban J connectivity index is 1.49. The number of aliphatic hydroxyl groups excluding tert-OH is 1. The van der Waals surface area contributed by atoms with Crippen LogP contribution in [0.5, 0.6) is 0 Å². The second-order valence-corrected chi connectivity index (χ2v) is 7.91. The number of likely N-dealkylation sites (tertiary alicyclic amines) is 1. The predicted octanol–water partition coefficient (Wildman–Crippen LogP) is 2.83. The third kappa shape index (κ3) is 2.89. The molecule has 1 saturated carbocycles. The van der Waals surface area contributed by atoms with E-state index < -0.39 is 0 Å². The van der Waals surface area contributed by atoms with Crippen LogP contribution in [0.3, 0.4) is 0 Å². The summed E-state index contributed by atoms with van der Waals surface area (Å²) in [5.74, 6) is 1.30. The van der Waals surface area contributed by atoms with Crippen LogP contribution < -0.4 is 5.73 Å². The normalized spacial score (nSPS) is 22.6. The predicted molar refractivity (Wildman–Crippen MR) is 106 cm³/mol. The molecule has 1 aromatic carbocycles. The van der Waals surface area contributed by atoms with Crippen LogP contribution in [-0.2, 0) is 6.61 Å². The fraction of sp³-hybridized carbons (Fsp3) is 0.429. The highest BCUT2D eigenvalue weighted by atomic mass is 16.3. The molecule has 6 nitrogen and oxygen atoms in total. The van der Waals surface area contributed by atoms with Gasteiger partial charge in [-0.15, -0.1) is 0 Å². The average Bonchev–Trinajstić information content (AvgIpc) is 3.00. The van der Waals surface area contributed by atoms with Gasteiger partial charge in [0.1, 0.15) is 17.8 Å². The number of fused-ring (bicyclic) bond motifs is 1. The molecule has 2 aliphatic rings. The first kappa shape index (κ1) is 16.7. The first-order valence-electron chi connectivity index (χ1n) is 9.76. The van der Waals surface area contributed by atoms with E-state index in [9.17, 15) is 5.11 Å². The van der Waals surface area contributed by atoms with E-state index in [2.05, 4.69) is 31.7 Å². The molecule has 2 fully saturated rings. The Morgan fingerprint density at radius 2 is 2.04 bits per heavy atom. The number of aromatic nitrogens is 3. The number of rotatable bonds is 5. The lowest BCUT2D eigenvalue weighted by Crippen LogP contribution is -2.43. The van der Waals surface area contributed by atoms with Gasteiger partial charge in [-0.05, 0) is 55.5 Å². The van der Waals surface area contributed by atoms with Crippen LogP contribution in [-0.4, -0.2) is 44.2 Å². The minimum Gasteiger partial charge on any atom is -0.392 e. The van der Waals surface area contributed by atoms with Gasteiger partial charge in [-0.1, -0.05) is 18.2 Å². The first-order chi connectivity index (χ1) is 13.2. The van der Waals surface area contributed by atoms with E-state index in [4.69, 9.17) is 5.73 Å². The standard InChI is InChI=1S/C21H25N5O/c22-20-19-18(16-4-1-3-14(7-16)12-27)11-26(21(19)24-13-23-20)17-8-15(9-17)10-25-5-2-6-25/h1,3-4,7,11,13,15,17,27H,2,5-6,8-10,12H2,(H2,22,23,24)/t15-,17+. The molecule has 6 heteroatoms. The van der Waals surface area contributed by atoms with Crippen molar-refractivity contribution in [2.24, 2.45) is 5.92 Å². The minimum atomic E-state index is 0.0271. The van der Waals surface area contributed by atoms with E-state index in [0.29, 0.717) is 11.9 Å². The third-order valence-corrected chi connectivity index (χ3v) is 6.13. The summed E-state index contributed by atoms with van der Waals surface area (Å²) in [5.41, 5.74) is 10.1. The summed E-state index contributed by atoms with van der Waals surface area (Å²) in [7, 11) is 0. The highest BCUT2D eigenvalue weighted by molar-refractivity contribution is 6.00. The largest absolute Gasteiger partial charge is 0.392 e. The number of hydrogen-bond donors (Lipinski definition) is 2. The number of benzene rings is 1. The second kappa shape index (κ2) is 6.62. The van der Waals surface area contributed by atoms with Crippen molar-refractivity contribution in [3.8, 4) is 11.1 Å². The highest BCUT2D eigenvalue weighted by Gasteiger charge is 2.34. The number of hydrogen-bond acceptors (Lipinski definition) is 5. The maximum Gasteiger partial charge on any atom is 0.146 e. The summed E-state index contributed by atoms with van der Waals surface area (Å²) in [6.07, 6.45) is 7.47. The molecule has 0 unspecified atom stereocenters. The van der Waals surface area contributed by atoms with E-state index >= 15 is 0 Å². The van der Waals surface area contributed by atoms with Crippen molar-refractivity contribution in [3.05, 3.63) is 42.4 Å². The molecule has 0 radical (unpaired) electrons. The summed E-state index contributed by atoms with van der Waals surface area (Å²) in [6, 6.07) is 8.44. The molecule has 3 N–H and O–H groups in total. The maximum atomic E-state index is 9.49. The van der Waals surface area contributed by atoms with Crippen LogP contribution in [0.2, 0.25) is 0 Å². The lowest BCUT2D eigenvalue weighted by molar-refractivity contribution is 0.0921. The van der Waals surface area contributed by atoms with Crippen molar-refractivity contribution < 1.29 is 5.11 Å². The molecule has 3 heterocycles. The molecule has 1 saturated heterocycles. The van der Waals surface area contributed by atoms with Crippen LogP contribution in [0.1, 0.15) is 30.9 Å². The number of nitrogens with zero attached hydrogens (tertiary/aromatic N) is 4. The Bertz CT molecular complexity index is 972. The molecule has 3 aromatic rings. The molecule has 0 bridgehead atoms. The van der Waals surface area contributed by atoms with Crippen molar-refractivity contribution in [3.63, 3.8) is 0 Å². The zero-order valence-electron chi connectivity index (χ0n) is 15.4. The maximum absolute atomic E-state index is 9.49. The van der Waals surface area contributed by atoms with Gasteiger partial charge in [0.15, 0.2) is 0 Å². The molecule has 0 amide bonds. The smallest absolute Gasteiger partial charge is 0.146 e. The van der Waals surface area contributed by atoms with Gasteiger partial charge in [0, 0.05) is 24.3 Å². The fourth-order valence-electron chi connectivity index (χ4n) is 4.45. The van der Waals surface area contributed by atoms with E-state index in [1.54, 1.807) is 6.33 Å². The van der Waals surface area contributed by atoms with Crippen LogP contribution in [0.25, 0.3) is 22.2 Å². The molecular formula is C21H25N5O. The number of nitrogen functional groups attached to an aromatic ring is 1. The van der Waals surface area contributed by atoms with Gasteiger partial charge >= 0.3 is 0 Å². The Morgan fingerprint density at radius 1 is 1.19 bits per heavy atom. The summed E-state index contributed by atoms with van der Waals surface area (Å²) in [5, 5.41) is 10.4. The van der Waals surface area contributed by atoms with Gasteiger partial charge in [0.2, 0.25) is 0 Å². The molecule has 0 atom stereocenters. The van der Waals surface area contributed by atoms with Gasteiger partial charge < -0.3 is 20.3 Å². The highest BCUT2D eigenvalue weighted by Crippen LogP contribution is 2.43. The van der Waals surface area contributed by atoms with E-state index in [1.165, 1.54) is 38.9 Å². The molecular weight excluding hydrogens is 338 g/mol. The zero-order chi connectivity index (χ0) is 18.4.